The number of nitrogens with one attached hydrogen (secondary N) is 1. The molecule has 3 aromatic carbocycles. The van der Waals surface area contributed by atoms with Crippen LogP contribution in [-0.4, -0.2) is 30.5 Å². The smallest absolute Gasteiger partial charge is 0.290 e. The van der Waals surface area contributed by atoms with Crippen LogP contribution in [0.1, 0.15) is 41.9 Å². The minimum atomic E-state index is -0.522. The Hall–Kier alpha value is -3.41. The van der Waals surface area contributed by atoms with E-state index in [-0.39, 0.29) is 24.2 Å². The average molecular weight is 456 g/mol. The zero-order chi connectivity index (χ0) is 23.3. The number of fused-ring (bicyclic) bond motifs is 3. The Balaban J connectivity index is 1.40. The predicted octanol–water partition coefficient (Wildman–Crippen LogP) is 5.40. The first-order chi connectivity index (χ1) is 16.7. The highest BCUT2D eigenvalue weighted by Crippen LogP contribution is 2.40. The van der Waals surface area contributed by atoms with Crippen LogP contribution in [0.4, 0.5) is 5.69 Å². The third kappa shape index (κ3) is 4.91. The van der Waals surface area contributed by atoms with E-state index in [9.17, 15) is 4.79 Å². The van der Waals surface area contributed by atoms with Crippen LogP contribution in [0.3, 0.4) is 0 Å². The fourth-order valence-corrected chi connectivity index (χ4v) is 4.67. The Morgan fingerprint density at radius 2 is 1.76 bits per heavy atom. The van der Waals surface area contributed by atoms with E-state index < -0.39 is 6.29 Å². The summed E-state index contributed by atoms with van der Waals surface area (Å²) in [7, 11) is 0. The van der Waals surface area contributed by atoms with Gasteiger partial charge in [0.2, 0.25) is 6.29 Å². The van der Waals surface area contributed by atoms with Crippen molar-refractivity contribution in [3.63, 3.8) is 0 Å². The van der Waals surface area contributed by atoms with Crippen LogP contribution in [0.25, 0.3) is 11.1 Å². The number of hydrogen-bond acceptors (Lipinski definition) is 4. The fourth-order valence-electron chi connectivity index (χ4n) is 4.67. The Kier molecular flexibility index (Phi) is 6.74. The van der Waals surface area contributed by atoms with Gasteiger partial charge in [-0.1, -0.05) is 60.7 Å². The molecule has 5 nitrogen and oxygen atoms in total. The molecule has 0 saturated carbocycles. The minimum absolute atomic E-state index is 0.00817. The lowest BCUT2D eigenvalue weighted by Gasteiger charge is -2.29. The molecule has 0 saturated heterocycles. The lowest BCUT2D eigenvalue weighted by atomic mass is 9.90. The van der Waals surface area contributed by atoms with Crippen LogP contribution in [0, 0.1) is 0 Å². The summed E-state index contributed by atoms with van der Waals surface area (Å²) in [6.45, 7) is 0.613. The van der Waals surface area contributed by atoms with Gasteiger partial charge in [-0.05, 0) is 65.3 Å². The van der Waals surface area contributed by atoms with Gasteiger partial charge < -0.3 is 19.9 Å². The minimum Gasteiger partial charge on any atom is -0.459 e. The van der Waals surface area contributed by atoms with E-state index >= 15 is 0 Å². The van der Waals surface area contributed by atoms with Crippen molar-refractivity contribution in [2.75, 3.05) is 18.5 Å². The standard InChI is InChI=1S/C29H29NO4/c31-14-6-7-15-33-28-19-23(18-27(34-28)29(32)30-24-9-2-1-3-10-24)20-12-13-22-16-21-8-4-5-11-25(21)26(22)17-20/h1-5,8-13,17-18,23,28,31H,6-7,14-16,19H2,(H,30,32)/t23-,28+/m1/s1. The SMILES string of the molecule is O=C(Nc1ccccc1)C1=C[C@@H](c2ccc3c(c2)-c2ccccc2C3)C[C@@H](OCCCCO)O1. The van der Waals surface area contributed by atoms with Crippen molar-refractivity contribution < 1.29 is 19.4 Å². The summed E-state index contributed by atoms with van der Waals surface area (Å²) in [5, 5.41) is 12.0. The summed E-state index contributed by atoms with van der Waals surface area (Å²) in [6.07, 6.45) is 4.39. The molecule has 1 amide bonds. The molecule has 0 aromatic heterocycles. The van der Waals surface area contributed by atoms with Gasteiger partial charge in [-0.2, -0.15) is 0 Å². The van der Waals surface area contributed by atoms with Gasteiger partial charge in [-0.25, -0.2) is 0 Å². The summed E-state index contributed by atoms with van der Waals surface area (Å²) in [5.74, 6) is -0.0225. The maximum Gasteiger partial charge on any atom is 0.290 e. The maximum absolute atomic E-state index is 13.0. The molecule has 0 unspecified atom stereocenters. The van der Waals surface area contributed by atoms with Crippen molar-refractivity contribution in [3.05, 3.63) is 101 Å². The van der Waals surface area contributed by atoms with Gasteiger partial charge in [0.1, 0.15) is 0 Å². The number of hydrogen-bond donors (Lipinski definition) is 2. The molecule has 5 heteroatoms. The zero-order valence-electron chi connectivity index (χ0n) is 19.1. The molecule has 1 aliphatic carbocycles. The number of benzene rings is 3. The lowest BCUT2D eigenvalue weighted by molar-refractivity contribution is -0.143. The summed E-state index contributed by atoms with van der Waals surface area (Å²) in [6, 6.07) is 24.5. The quantitative estimate of drug-likeness (QED) is 0.349. The van der Waals surface area contributed by atoms with Gasteiger partial charge in [0.05, 0.1) is 6.61 Å². The molecule has 2 aliphatic rings. The van der Waals surface area contributed by atoms with Gasteiger partial charge >= 0.3 is 0 Å². The molecule has 0 radical (unpaired) electrons. The average Bonchev–Trinajstić information content (AvgIpc) is 3.25. The first-order valence-corrected chi connectivity index (χ1v) is 11.9. The van der Waals surface area contributed by atoms with Crippen molar-refractivity contribution >= 4 is 11.6 Å². The van der Waals surface area contributed by atoms with Gasteiger partial charge in [-0.15, -0.1) is 0 Å². The van der Waals surface area contributed by atoms with Gasteiger partial charge in [-0.3, -0.25) is 4.79 Å². The predicted molar refractivity (Wildman–Crippen MR) is 132 cm³/mol. The van der Waals surface area contributed by atoms with E-state index in [1.165, 1.54) is 22.3 Å². The molecule has 34 heavy (non-hydrogen) atoms. The zero-order valence-corrected chi connectivity index (χ0v) is 19.1. The van der Waals surface area contributed by atoms with Crippen molar-refractivity contribution in [1.29, 1.82) is 0 Å². The topological polar surface area (TPSA) is 67.8 Å². The highest BCUT2D eigenvalue weighted by molar-refractivity contribution is 6.02. The number of allylic oxidation sites excluding steroid dienone is 1. The molecular weight excluding hydrogens is 426 g/mol. The number of unbranched alkanes of at least 4 members (excludes halogenated alkanes) is 1. The molecule has 0 fully saturated rings. The summed E-state index contributed by atoms with van der Waals surface area (Å²) >= 11 is 0. The van der Waals surface area contributed by atoms with Gasteiger partial charge in [0.25, 0.3) is 5.91 Å². The summed E-state index contributed by atoms with van der Waals surface area (Å²) in [4.78, 5) is 13.0. The van der Waals surface area contributed by atoms with Crippen LogP contribution >= 0.6 is 0 Å². The number of rotatable bonds is 8. The van der Waals surface area contributed by atoms with Crippen molar-refractivity contribution in [2.24, 2.45) is 0 Å². The Morgan fingerprint density at radius 1 is 0.971 bits per heavy atom. The molecular formula is C29H29NO4. The molecule has 5 rings (SSSR count). The number of para-hydroxylation sites is 1. The highest BCUT2D eigenvalue weighted by Gasteiger charge is 2.30. The third-order valence-corrected chi connectivity index (χ3v) is 6.42. The van der Waals surface area contributed by atoms with Crippen LogP contribution in [0.2, 0.25) is 0 Å². The number of carbonyl (C=O) groups is 1. The van der Waals surface area contributed by atoms with E-state index in [4.69, 9.17) is 14.6 Å². The maximum atomic E-state index is 13.0. The molecule has 2 N–H and O–H groups in total. The first kappa shape index (κ1) is 22.4. The van der Waals surface area contributed by atoms with Crippen LogP contribution in [0.15, 0.2) is 84.6 Å². The fraction of sp³-hybridized carbons (Fsp3) is 0.276. The van der Waals surface area contributed by atoms with Crippen LogP contribution in [0.5, 0.6) is 0 Å². The summed E-state index contributed by atoms with van der Waals surface area (Å²) in [5.41, 5.74) is 7.10. The normalized spacial score (nSPS) is 18.4. The number of ether oxygens (including phenoxy) is 2. The van der Waals surface area contributed by atoms with E-state index in [2.05, 4.69) is 47.8 Å². The second-order valence-electron chi connectivity index (χ2n) is 8.79. The Morgan fingerprint density at radius 3 is 2.62 bits per heavy atom. The van der Waals surface area contributed by atoms with Crippen molar-refractivity contribution in [2.45, 2.75) is 37.9 Å². The number of anilines is 1. The number of amides is 1. The van der Waals surface area contributed by atoms with Crippen LogP contribution < -0.4 is 5.32 Å². The molecule has 174 valence electrons. The molecule has 1 aliphatic heterocycles. The number of aliphatic hydroxyl groups is 1. The van der Waals surface area contributed by atoms with Gasteiger partial charge in [0, 0.05) is 24.6 Å². The third-order valence-electron chi connectivity index (χ3n) is 6.42. The van der Waals surface area contributed by atoms with Crippen LogP contribution in [-0.2, 0) is 20.7 Å². The van der Waals surface area contributed by atoms with E-state index in [1.807, 2.05) is 36.4 Å². The monoisotopic (exact) mass is 455 g/mol. The molecule has 0 spiro atoms. The molecule has 1 heterocycles. The largest absolute Gasteiger partial charge is 0.459 e. The number of aliphatic hydroxyl groups excluding tert-OH is 1. The second-order valence-corrected chi connectivity index (χ2v) is 8.79. The first-order valence-electron chi connectivity index (χ1n) is 11.9. The molecule has 3 aromatic rings. The number of carbonyl (C=O) groups excluding carboxylic acids is 1. The second kappa shape index (κ2) is 10.2. The Labute approximate surface area is 200 Å². The van der Waals surface area contributed by atoms with Crippen molar-refractivity contribution in [1.82, 2.24) is 0 Å². The van der Waals surface area contributed by atoms with Crippen molar-refractivity contribution in [3.8, 4) is 11.1 Å². The van der Waals surface area contributed by atoms with E-state index in [1.54, 1.807) is 0 Å². The molecule has 0 bridgehead atoms. The summed E-state index contributed by atoms with van der Waals surface area (Å²) < 4.78 is 11.9. The van der Waals surface area contributed by atoms with E-state index in [0.29, 0.717) is 25.1 Å². The van der Waals surface area contributed by atoms with Gasteiger partial charge in [0.15, 0.2) is 5.76 Å². The van der Waals surface area contributed by atoms with E-state index in [0.717, 1.165) is 18.4 Å². The molecule has 2 atom stereocenters. The highest BCUT2D eigenvalue weighted by atomic mass is 16.7. The Bertz CT molecular complexity index is 1190. The lowest BCUT2D eigenvalue weighted by Crippen LogP contribution is -2.29.